The van der Waals surface area contributed by atoms with E-state index in [1.165, 1.54) is 25.3 Å². The summed E-state index contributed by atoms with van der Waals surface area (Å²) in [6, 6.07) is 9.53. The van der Waals surface area contributed by atoms with Gasteiger partial charge in [-0.3, -0.25) is 0 Å². The Morgan fingerprint density at radius 3 is 2.68 bits per heavy atom. The van der Waals surface area contributed by atoms with Crippen molar-refractivity contribution in [2.24, 2.45) is 7.05 Å². The van der Waals surface area contributed by atoms with Crippen LogP contribution in [0.4, 0.5) is 4.39 Å². The average molecular weight is 302 g/mol. The van der Waals surface area contributed by atoms with Gasteiger partial charge in [-0.2, -0.15) is 0 Å². The fourth-order valence-electron chi connectivity index (χ4n) is 2.24. The van der Waals surface area contributed by atoms with E-state index in [-0.39, 0.29) is 12.4 Å². The maximum Gasteiger partial charge on any atom is 0.166 e. The van der Waals surface area contributed by atoms with Crippen LogP contribution in [0.2, 0.25) is 0 Å². The highest BCUT2D eigenvalue weighted by atomic mass is 19.1. The zero-order valence-corrected chi connectivity index (χ0v) is 12.2. The summed E-state index contributed by atoms with van der Waals surface area (Å²) in [6.07, 6.45) is 0. The quantitative estimate of drug-likeness (QED) is 0.805. The molecule has 1 heterocycles. The predicted octanol–water partition coefficient (Wildman–Crippen LogP) is 3.01. The van der Waals surface area contributed by atoms with Crippen LogP contribution in [0.15, 0.2) is 36.4 Å². The number of rotatable bonds is 4. The lowest BCUT2D eigenvalue weighted by molar-refractivity contribution is 0.268. The number of methoxy groups -OCH3 is 1. The van der Waals surface area contributed by atoms with E-state index >= 15 is 0 Å². The molecular formula is C16H15FN2O3. The molecule has 5 nitrogen and oxygen atoms in total. The topological polar surface area (TPSA) is 56.5 Å². The summed E-state index contributed by atoms with van der Waals surface area (Å²) >= 11 is 0. The van der Waals surface area contributed by atoms with Crippen molar-refractivity contribution in [3.63, 3.8) is 0 Å². The lowest BCUT2D eigenvalue weighted by atomic mass is 10.3. The van der Waals surface area contributed by atoms with E-state index in [9.17, 15) is 9.50 Å². The molecule has 0 bridgehead atoms. The summed E-state index contributed by atoms with van der Waals surface area (Å²) in [5.41, 5.74) is 1.54. The molecule has 0 saturated heterocycles. The second-order valence-corrected chi connectivity index (χ2v) is 4.79. The molecule has 0 fully saturated rings. The molecule has 22 heavy (non-hydrogen) atoms. The first-order valence-electron chi connectivity index (χ1n) is 6.70. The van der Waals surface area contributed by atoms with Crippen molar-refractivity contribution in [3.8, 4) is 17.2 Å². The normalized spacial score (nSPS) is 10.9. The lowest BCUT2D eigenvalue weighted by Crippen LogP contribution is -1.96. The first-order valence-corrected chi connectivity index (χ1v) is 6.70. The van der Waals surface area contributed by atoms with Gasteiger partial charge in [-0.15, -0.1) is 0 Å². The summed E-state index contributed by atoms with van der Waals surface area (Å²) in [4.78, 5) is 4.29. The molecule has 3 rings (SSSR count). The number of hydrogen-bond acceptors (Lipinski definition) is 4. The van der Waals surface area contributed by atoms with E-state index in [1.807, 2.05) is 0 Å². The van der Waals surface area contributed by atoms with E-state index in [0.29, 0.717) is 17.3 Å². The van der Waals surface area contributed by atoms with Gasteiger partial charge < -0.3 is 19.1 Å². The van der Waals surface area contributed by atoms with Crippen molar-refractivity contribution in [2.75, 3.05) is 7.11 Å². The first kappa shape index (κ1) is 14.3. The molecule has 0 radical (unpaired) electrons. The minimum Gasteiger partial charge on any atom is -0.497 e. The van der Waals surface area contributed by atoms with Gasteiger partial charge in [0.1, 0.15) is 23.9 Å². The fourth-order valence-corrected chi connectivity index (χ4v) is 2.24. The van der Waals surface area contributed by atoms with Crippen LogP contribution >= 0.6 is 0 Å². The molecule has 0 amide bonds. The number of aryl methyl sites for hydroxylation is 1. The van der Waals surface area contributed by atoms with Crippen molar-refractivity contribution in [1.82, 2.24) is 9.55 Å². The minimum absolute atomic E-state index is 0.0863. The summed E-state index contributed by atoms with van der Waals surface area (Å²) in [5.74, 6) is 1.16. The van der Waals surface area contributed by atoms with Crippen molar-refractivity contribution in [3.05, 3.63) is 48.0 Å². The second kappa shape index (κ2) is 5.65. The molecule has 0 aliphatic rings. The smallest absolute Gasteiger partial charge is 0.166 e. The van der Waals surface area contributed by atoms with E-state index in [1.54, 1.807) is 29.8 Å². The van der Waals surface area contributed by atoms with Crippen LogP contribution in [-0.2, 0) is 13.7 Å². The molecule has 0 atom stereocenters. The van der Waals surface area contributed by atoms with Crippen LogP contribution in [0.5, 0.6) is 17.2 Å². The van der Waals surface area contributed by atoms with Crippen molar-refractivity contribution in [1.29, 1.82) is 0 Å². The first-order chi connectivity index (χ1) is 10.6. The Kier molecular flexibility index (Phi) is 3.68. The minimum atomic E-state index is -0.470. The highest BCUT2D eigenvalue weighted by molar-refractivity contribution is 5.77. The van der Waals surface area contributed by atoms with Gasteiger partial charge >= 0.3 is 0 Å². The molecule has 3 aromatic rings. The number of nitrogens with zero attached hydrogens (tertiary/aromatic N) is 2. The van der Waals surface area contributed by atoms with Crippen LogP contribution < -0.4 is 9.47 Å². The average Bonchev–Trinajstić information content (AvgIpc) is 2.85. The fraction of sp³-hybridized carbons (Fsp3) is 0.188. The number of ether oxygens (including phenoxy) is 2. The third kappa shape index (κ3) is 2.48. The Bertz CT molecular complexity index is 830. The maximum atomic E-state index is 13.8. The van der Waals surface area contributed by atoms with Gasteiger partial charge in [-0.25, -0.2) is 9.37 Å². The van der Waals surface area contributed by atoms with Crippen molar-refractivity contribution < 1.29 is 19.0 Å². The molecular weight excluding hydrogens is 287 g/mol. The Morgan fingerprint density at radius 1 is 1.18 bits per heavy atom. The zero-order valence-electron chi connectivity index (χ0n) is 12.2. The van der Waals surface area contributed by atoms with E-state index in [2.05, 4.69) is 4.98 Å². The van der Waals surface area contributed by atoms with Gasteiger partial charge in [-0.1, -0.05) is 0 Å². The molecule has 114 valence electrons. The van der Waals surface area contributed by atoms with Gasteiger partial charge in [0.15, 0.2) is 11.6 Å². The number of benzene rings is 2. The van der Waals surface area contributed by atoms with Crippen LogP contribution in [0.1, 0.15) is 5.82 Å². The molecule has 0 saturated carbocycles. The monoisotopic (exact) mass is 302 g/mol. The van der Waals surface area contributed by atoms with Crippen LogP contribution in [0.3, 0.4) is 0 Å². The molecule has 1 N–H and O–H groups in total. The molecule has 0 spiro atoms. The maximum absolute atomic E-state index is 13.8. The summed E-state index contributed by atoms with van der Waals surface area (Å²) < 4.78 is 26.2. The number of aromatic nitrogens is 2. The molecule has 2 aromatic carbocycles. The second-order valence-electron chi connectivity index (χ2n) is 4.79. The molecule has 6 heteroatoms. The SMILES string of the molecule is COc1ccc(F)c(Oc2ccc3nc(CO)n(C)c3c2)c1. The summed E-state index contributed by atoms with van der Waals surface area (Å²) in [5, 5.41) is 9.24. The summed E-state index contributed by atoms with van der Waals surface area (Å²) in [7, 11) is 3.31. The number of imidazole rings is 1. The van der Waals surface area contributed by atoms with E-state index < -0.39 is 5.82 Å². The van der Waals surface area contributed by atoms with Crippen LogP contribution in [0.25, 0.3) is 11.0 Å². The van der Waals surface area contributed by atoms with Gasteiger partial charge in [-0.05, 0) is 24.3 Å². The standard InChI is InChI=1S/C16H15FN2O3/c1-19-14-7-11(4-6-13(14)18-16(19)9-20)22-15-8-10(21-2)3-5-12(15)17/h3-8,20H,9H2,1-2H3. The third-order valence-corrected chi connectivity index (χ3v) is 3.45. The number of halogens is 1. The summed E-state index contributed by atoms with van der Waals surface area (Å²) in [6.45, 7) is -0.147. The van der Waals surface area contributed by atoms with E-state index in [0.717, 1.165) is 11.0 Å². The van der Waals surface area contributed by atoms with Crippen molar-refractivity contribution in [2.45, 2.75) is 6.61 Å². The Balaban J connectivity index is 1.99. The number of hydrogen-bond donors (Lipinski definition) is 1. The predicted molar refractivity (Wildman–Crippen MR) is 79.7 cm³/mol. The highest BCUT2D eigenvalue weighted by Gasteiger charge is 2.10. The van der Waals surface area contributed by atoms with Gasteiger partial charge in [0, 0.05) is 19.2 Å². The lowest BCUT2D eigenvalue weighted by Gasteiger charge is -2.09. The molecule has 0 aliphatic heterocycles. The number of aliphatic hydroxyl groups is 1. The number of fused-ring (bicyclic) bond motifs is 1. The molecule has 0 unspecified atom stereocenters. The Labute approximate surface area is 126 Å². The highest BCUT2D eigenvalue weighted by Crippen LogP contribution is 2.30. The molecule has 0 aliphatic carbocycles. The van der Waals surface area contributed by atoms with Crippen molar-refractivity contribution >= 4 is 11.0 Å². The van der Waals surface area contributed by atoms with Gasteiger partial charge in [0.25, 0.3) is 0 Å². The zero-order chi connectivity index (χ0) is 15.7. The molecule has 1 aromatic heterocycles. The van der Waals surface area contributed by atoms with Gasteiger partial charge in [0.05, 0.1) is 18.1 Å². The Morgan fingerprint density at radius 2 is 1.95 bits per heavy atom. The van der Waals surface area contributed by atoms with E-state index in [4.69, 9.17) is 9.47 Å². The largest absolute Gasteiger partial charge is 0.497 e. The van der Waals surface area contributed by atoms with Crippen LogP contribution in [0, 0.1) is 5.82 Å². The Hall–Kier alpha value is -2.60. The third-order valence-electron chi connectivity index (χ3n) is 3.45. The van der Waals surface area contributed by atoms with Gasteiger partial charge in [0.2, 0.25) is 0 Å². The number of aliphatic hydroxyl groups excluding tert-OH is 1. The van der Waals surface area contributed by atoms with Crippen LogP contribution in [-0.4, -0.2) is 21.8 Å².